The van der Waals surface area contributed by atoms with Crippen LogP contribution in [0.25, 0.3) is 0 Å². The monoisotopic (exact) mass is 261 g/mol. The maximum absolute atomic E-state index is 5.94. The molecule has 0 radical (unpaired) electrons. The third kappa shape index (κ3) is 4.94. The minimum Gasteiger partial charge on any atom is -0.328 e. The van der Waals surface area contributed by atoms with E-state index in [2.05, 4.69) is 47.1 Å². The van der Waals surface area contributed by atoms with Crippen molar-refractivity contribution in [3.8, 4) is 0 Å². The summed E-state index contributed by atoms with van der Waals surface area (Å²) < 4.78 is 0. The predicted octanol–water partition coefficient (Wildman–Crippen LogP) is 1.93. The van der Waals surface area contributed by atoms with Gasteiger partial charge in [0.25, 0.3) is 0 Å². The van der Waals surface area contributed by atoms with E-state index in [1.807, 2.05) is 0 Å². The number of benzene rings is 1. The van der Waals surface area contributed by atoms with Crippen LogP contribution < -0.4 is 5.73 Å². The van der Waals surface area contributed by atoms with E-state index in [4.69, 9.17) is 5.73 Å². The molecule has 1 fully saturated rings. The first-order chi connectivity index (χ1) is 9.28. The molecule has 3 nitrogen and oxygen atoms in total. The van der Waals surface area contributed by atoms with Gasteiger partial charge >= 0.3 is 0 Å². The summed E-state index contributed by atoms with van der Waals surface area (Å²) >= 11 is 0. The highest BCUT2D eigenvalue weighted by atomic mass is 15.2. The lowest BCUT2D eigenvalue weighted by Gasteiger charge is -2.32. The van der Waals surface area contributed by atoms with Gasteiger partial charge in [-0.1, -0.05) is 37.3 Å². The van der Waals surface area contributed by atoms with Gasteiger partial charge in [-0.05, 0) is 38.0 Å². The lowest BCUT2D eigenvalue weighted by molar-refractivity contribution is 0.173. The molecule has 1 aromatic rings. The Morgan fingerprint density at radius 3 is 2.53 bits per heavy atom. The summed E-state index contributed by atoms with van der Waals surface area (Å²) in [5.74, 6) is 0. The van der Waals surface area contributed by atoms with E-state index in [1.54, 1.807) is 0 Å². The number of hydrogen-bond acceptors (Lipinski definition) is 3. The summed E-state index contributed by atoms with van der Waals surface area (Å²) in [6.07, 6.45) is 2.32. The predicted molar refractivity (Wildman–Crippen MR) is 81.0 cm³/mol. The van der Waals surface area contributed by atoms with Crippen molar-refractivity contribution in [2.24, 2.45) is 5.73 Å². The Bertz CT molecular complexity index is 344. The van der Waals surface area contributed by atoms with Gasteiger partial charge in [0.2, 0.25) is 0 Å². The van der Waals surface area contributed by atoms with E-state index in [9.17, 15) is 0 Å². The highest BCUT2D eigenvalue weighted by Gasteiger charge is 2.16. The van der Waals surface area contributed by atoms with Crippen molar-refractivity contribution in [2.45, 2.75) is 32.4 Å². The van der Waals surface area contributed by atoms with Crippen LogP contribution in [0.3, 0.4) is 0 Å². The number of nitrogens with two attached hydrogens (primary N) is 1. The molecule has 2 rings (SSSR count). The summed E-state index contributed by atoms with van der Waals surface area (Å²) in [5.41, 5.74) is 7.35. The molecular formula is C16H27N3. The third-order valence-corrected chi connectivity index (χ3v) is 4.06. The van der Waals surface area contributed by atoms with Gasteiger partial charge in [-0.3, -0.25) is 4.90 Å². The van der Waals surface area contributed by atoms with Gasteiger partial charge in [0.1, 0.15) is 0 Å². The highest BCUT2D eigenvalue weighted by molar-refractivity contribution is 5.14. The van der Waals surface area contributed by atoms with Crippen LogP contribution in [0.1, 0.15) is 25.3 Å². The van der Waals surface area contributed by atoms with E-state index < -0.39 is 0 Å². The lowest BCUT2D eigenvalue weighted by Crippen LogP contribution is -2.43. The molecule has 0 unspecified atom stereocenters. The standard InChI is InChI=1S/C16H27N3/c1-2-18(14-15-6-4-3-5-7-15)12-13-19-10-8-16(17)9-11-19/h3-7,16H,2,8-14,17H2,1H3. The van der Waals surface area contributed by atoms with Gasteiger partial charge in [-0.25, -0.2) is 0 Å². The van der Waals surface area contributed by atoms with E-state index in [1.165, 1.54) is 25.2 Å². The highest BCUT2D eigenvalue weighted by Crippen LogP contribution is 2.09. The van der Waals surface area contributed by atoms with Crippen LogP contribution in [0.5, 0.6) is 0 Å². The molecule has 19 heavy (non-hydrogen) atoms. The molecule has 3 heteroatoms. The van der Waals surface area contributed by atoms with Crippen LogP contribution in [0.2, 0.25) is 0 Å². The van der Waals surface area contributed by atoms with E-state index in [-0.39, 0.29) is 0 Å². The Balaban J connectivity index is 1.73. The third-order valence-electron chi connectivity index (χ3n) is 4.06. The van der Waals surface area contributed by atoms with Crippen molar-refractivity contribution in [3.05, 3.63) is 35.9 Å². The molecule has 0 aromatic heterocycles. The number of likely N-dealkylation sites (N-methyl/N-ethyl adjacent to an activating group) is 1. The van der Waals surface area contributed by atoms with Crippen LogP contribution in [0.15, 0.2) is 30.3 Å². The molecule has 1 heterocycles. The first kappa shape index (κ1) is 14.5. The van der Waals surface area contributed by atoms with Crippen LogP contribution in [0.4, 0.5) is 0 Å². The van der Waals surface area contributed by atoms with E-state index >= 15 is 0 Å². The first-order valence-corrected chi connectivity index (χ1v) is 7.52. The zero-order chi connectivity index (χ0) is 13.5. The quantitative estimate of drug-likeness (QED) is 0.849. The second kappa shape index (κ2) is 7.63. The molecule has 0 saturated carbocycles. The summed E-state index contributed by atoms with van der Waals surface area (Å²) in [6, 6.07) is 11.2. The zero-order valence-corrected chi connectivity index (χ0v) is 12.1. The average molecular weight is 261 g/mol. The van der Waals surface area contributed by atoms with Crippen LogP contribution >= 0.6 is 0 Å². The van der Waals surface area contributed by atoms with Gasteiger partial charge in [0.05, 0.1) is 0 Å². The Hall–Kier alpha value is -0.900. The number of likely N-dealkylation sites (tertiary alicyclic amines) is 1. The number of hydrogen-bond donors (Lipinski definition) is 1. The molecule has 106 valence electrons. The second-order valence-corrected chi connectivity index (χ2v) is 5.53. The summed E-state index contributed by atoms with van der Waals surface area (Å²) in [4.78, 5) is 5.07. The summed E-state index contributed by atoms with van der Waals surface area (Å²) in [7, 11) is 0. The lowest BCUT2D eigenvalue weighted by atomic mass is 10.1. The van der Waals surface area contributed by atoms with Crippen LogP contribution in [-0.4, -0.2) is 48.6 Å². The molecule has 1 aromatic carbocycles. The van der Waals surface area contributed by atoms with Gasteiger partial charge in [0.15, 0.2) is 0 Å². The number of rotatable bonds is 6. The van der Waals surface area contributed by atoms with Crippen molar-refractivity contribution >= 4 is 0 Å². The zero-order valence-electron chi connectivity index (χ0n) is 12.1. The Kier molecular flexibility index (Phi) is 5.83. The van der Waals surface area contributed by atoms with Gasteiger partial charge in [-0.2, -0.15) is 0 Å². The Morgan fingerprint density at radius 1 is 1.21 bits per heavy atom. The minimum absolute atomic E-state index is 0.433. The molecular weight excluding hydrogens is 234 g/mol. The summed E-state index contributed by atoms with van der Waals surface area (Å²) in [5, 5.41) is 0. The number of nitrogens with zero attached hydrogens (tertiary/aromatic N) is 2. The molecule has 0 bridgehead atoms. The molecule has 1 saturated heterocycles. The maximum Gasteiger partial charge on any atom is 0.0234 e. The SMILES string of the molecule is CCN(CCN1CCC(N)CC1)Cc1ccccc1. The van der Waals surface area contributed by atoms with E-state index in [0.29, 0.717) is 6.04 Å². The molecule has 1 aliphatic heterocycles. The maximum atomic E-state index is 5.94. The van der Waals surface area contributed by atoms with Crippen molar-refractivity contribution < 1.29 is 0 Å². The summed E-state index contributed by atoms with van der Waals surface area (Å²) in [6.45, 7) is 9.09. The van der Waals surface area contributed by atoms with Crippen molar-refractivity contribution in [1.29, 1.82) is 0 Å². The topological polar surface area (TPSA) is 32.5 Å². The van der Waals surface area contributed by atoms with Crippen LogP contribution in [-0.2, 0) is 6.54 Å². The fourth-order valence-corrected chi connectivity index (χ4v) is 2.65. The molecule has 0 amide bonds. The molecule has 2 N–H and O–H groups in total. The normalized spacial score (nSPS) is 18.1. The fourth-order valence-electron chi connectivity index (χ4n) is 2.65. The Labute approximate surface area is 117 Å². The van der Waals surface area contributed by atoms with Gasteiger partial charge in [0, 0.05) is 25.7 Å². The van der Waals surface area contributed by atoms with Crippen molar-refractivity contribution in [3.63, 3.8) is 0 Å². The molecule has 0 atom stereocenters. The van der Waals surface area contributed by atoms with E-state index in [0.717, 1.165) is 32.5 Å². The van der Waals surface area contributed by atoms with Crippen LogP contribution in [0, 0.1) is 0 Å². The molecule has 1 aliphatic rings. The van der Waals surface area contributed by atoms with Gasteiger partial charge < -0.3 is 10.6 Å². The minimum atomic E-state index is 0.433. The smallest absolute Gasteiger partial charge is 0.0234 e. The van der Waals surface area contributed by atoms with Crippen molar-refractivity contribution in [1.82, 2.24) is 9.80 Å². The molecule has 0 aliphatic carbocycles. The number of piperidine rings is 1. The Morgan fingerprint density at radius 2 is 1.89 bits per heavy atom. The first-order valence-electron chi connectivity index (χ1n) is 7.52. The average Bonchev–Trinajstić information content (AvgIpc) is 2.46. The fraction of sp³-hybridized carbons (Fsp3) is 0.625. The van der Waals surface area contributed by atoms with Gasteiger partial charge in [-0.15, -0.1) is 0 Å². The second-order valence-electron chi connectivity index (χ2n) is 5.53. The van der Waals surface area contributed by atoms with Crippen molar-refractivity contribution in [2.75, 3.05) is 32.7 Å². The molecule has 0 spiro atoms. The largest absolute Gasteiger partial charge is 0.328 e.